The largest absolute Gasteiger partial charge is 0.506 e. The molecule has 3 N–H and O–H groups in total. The van der Waals surface area contributed by atoms with Gasteiger partial charge in [-0.25, -0.2) is 4.79 Å². The van der Waals surface area contributed by atoms with Crippen LogP contribution in [0.4, 0.5) is 0 Å². The lowest BCUT2D eigenvalue weighted by atomic mass is 9.51. The molecule has 1 saturated heterocycles. The number of allylic oxidation sites excluding steroid dienone is 5. The molecule has 7 rings (SSSR count). The zero-order valence-corrected chi connectivity index (χ0v) is 28.6. The number of aromatic hydroxyl groups is 1. The highest BCUT2D eigenvalue weighted by atomic mass is 16.6. The molecular formula is C38H46O9. The number of aliphatic hydroxyl groups excluding tert-OH is 1. The number of carboxylic acids is 1. The highest BCUT2D eigenvalue weighted by Crippen LogP contribution is 2.69. The van der Waals surface area contributed by atoms with Crippen LogP contribution >= 0.6 is 0 Å². The summed E-state index contributed by atoms with van der Waals surface area (Å²) in [6.07, 6.45) is 8.28. The number of ketones is 2. The summed E-state index contributed by atoms with van der Waals surface area (Å²) in [5.74, 6) is -2.90. The molecule has 3 heterocycles. The fourth-order valence-electron chi connectivity index (χ4n) is 8.64. The van der Waals surface area contributed by atoms with Gasteiger partial charge >= 0.3 is 5.97 Å². The number of phenolic OH excluding ortho intramolecular Hbond substituents is 1. The first-order chi connectivity index (χ1) is 21.9. The van der Waals surface area contributed by atoms with E-state index in [2.05, 4.69) is 6.08 Å². The van der Waals surface area contributed by atoms with Crippen molar-refractivity contribution in [3.63, 3.8) is 0 Å². The number of ether oxygens (including phenoxy) is 3. The lowest BCUT2D eigenvalue weighted by molar-refractivity contribution is -0.171. The van der Waals surface area contributed by atoms with Crippen molar-refractivity contribution in [2.45, 2.75) is 122 Å². The molecule has 1 spiro atoms. The van der Waals surface area contributed by atoms with E-state index in [4.69, 9.17) is 14.2 Å². The minimum atomic E-state index is -1.67. The van der Waals surface area contributed by atoms with Crippen LogP contribution in [-0.4, -0.2) is 55.3 Å². The first-order valence-corrected chi connectivity index (χ1v) is 16.5. The SMILES string of the molecule is CC(C)=CCC[C@@]1(C)C[C@@H](O)c2c(O)c3c(c(CC=C(C)C)c2O1)O[C@]12C(=C[C@@H]4C[C@@H]1C(C)(C)O[C@@]2(C/C=C(\C)C(=O)O)C4=O)C3=O. The Bertz CT molecular complexity index is 1720. The maximum atomic E-state index is 14.8. The number of Topliss-reactive ketones (excluding diaryl/α,β-unsaturated/α-hetero) is 2. The predicted molar refractivity (Wildman–Crippen MR) is 175 cm³/mol. The number of benzene rings is 1. The third kappa shape index (κ3) is 4.75. The van der Waals surface area contributed by atoms with Gasteiger partial charge in [0.2, 0.25) is 0 Å². The maximum absolute atomic E-state index is 14.8. The summed E-state index contributed by atoms with van der Waals surface area (Å²) in [6, 6.07) is 0. The minimum absolute atomic E-state index is 0.0497. The number of hydrogen-bond donors (Lipinski definition) is 3. The van der Waals surface area contributed by atoms with E-state index in [0.717, 1.165) is 12.0 Å². The van der Waals surface area contributed by atoms with Crippen molar-refractivity contribution in [1.29, 1.82) is 0 Å². The van der Waals surface area contributed by atoms with Gasteiger partial charge in [-0.1, -0.05) is 35.5 Å². The van der Waals surface area contributed by atoms with Gasteiger partial charge in [0.25, 0.3) is 0 Å². The molecule has 0 amide bonds. The van der Waals surface area contributed by atoms with Gasteiger partial charge in [-0.15, -0.1) is 0 Å². The van der Waals surface area contributed by atoms with Crippen LogP contribution in [0, 0.1) is 11.8 Å². The van der Waals surface area contributed by atoms with E-state index in [9.17, 15) is 29.7 Å². The molecule has 252 valence electrons. The molecule has 0 aromatic heterocycles. The number of rotatable bonds is 8. The fraction of sp³-hybridized carbons (Fsp3) is 0.553. The summed E-state index contributed by atoms with van der Waals surface area (Å²) in [7, 11) is 0. The lowest BCUT2D eigenvalue weighted by Gasteiger charge is -2.56. The normalized spacial score (nSPS) is 32.7. The second kappa shape index (κ2) is 10.9. The van der Waals surface area contributed by atoms with Crippen molar-refractivity contribution in [2.75, 3.05) is 0 Å². The Morgan fingerprint density at radius 3 is 2.32 bits per heavy atom. The molecule has 1 aromatic carbocycles. The van der Waals surface area contributed by atoms with Crippen molar-refractivity contribution < 1.29 is 43.9 Å². The fourth-order valence-corrected chi connectivity index (χ4v) is 8.64. The molecule has 3 aliphatic carbocycles. The van der Waals surface area contributed by atoms with Gasteiger partial charge in [0.1, 0.15) is 28.4 Å². The van der Waals surface area contributed by atoms with Gasteiger partial charge in [0, 0.05) is 41.4 Å². The number of carbonyl (C=O) groups is 3. The summed E-state index contributed by atoms with van der Waals surface area (Å²) in [5.41, 5.74) is -1.83. The van der Waals surface area contributed by atoms with Crippen LogP contribution in [-0.2, 0) is 20.7 Å². The molecular weight excluding hydrogens is 600 g/mol. The van der Waals surface area contributed by atoms with Gasteiger partial charge < -0.3 is 29.5 Å². The van der Waals surface area contributed by atoms with E-state index in [-0.39, 0.29) is 64.6 Å². The van der Waals surface area contributed by atoms with E-state index < -0.39 is 52.1 Å². The topological polar surface area (TPSA) is 140 Å². The third-order valence-corrected chi connectivity index (χ3v) is 10.9. The number of aliphatic hydroxyl groups is 1. The Hall–Kier alpha value is -3.69. The number of aliphatic carboxylic acids is 1. The zero-order chi connectivity index (χ0) is 34.4. The van der Waals surface area contributed by atoms with Gasteiger partial charge in [0.15, 0.2) is 22.8 Å². The lowest BCUT2D eigenvalue weighted by Crippen LogP contribution is -2.72. The number of carbonyl (C=O) groups excluding carboxylic acids is 2. The number of fused-ring (bicyclic) bond motifs is 2. The maximum Gasteiger partial charge on any atom is 0.330 e. The summed E-state index contributed by atoms with van der Waals surface area (Å²) in [5, 5.41) is 33.0. The molecule has 47 heavy (non-hydrogen) atoms. The number of hydrogen-bond acceptors (Lipinski definition) is 8. The van der Waals surface area contributed by atoms with Crippen molar-refractivity contribution >= 4 is 17.5 Å². The van der Waals surface area contributed by atoms with Crippen molar-refractivity contribution in [1.82, 2.24) is 0 Å². The van der Waals surface area contributed by atoms with Crippen molar-refractivity contribution in [3.05, 3.63) is 63.3 Å². The Kier molecular flexibility index (Phi) is 7.72. The van der Waals surface area contributed by atoms with Crippen LogP contribution < -0.4 is 9.47 Å². The Morgan fingerprint density at radius 1 is 1.00 bits per heavy atom. The van der Waals surface area contributed by atoms with Gasteiger partial charge in [-0.3, -0.25) is 9.59 Å². The van der Waals surface area contributed by atoms with Crippen LogP contribution in [0.25, 0.3) is 0 Å². The van der Waals surface area contributed by atoms with Crippen LogP contribution in [0.2, 0.25) is 0 Å². The van der Waals surface area contributed by atoms with E-state index in [0.29, 0.717) is 18.4 Å². The molecule has 1 saturated carbocycles. The third-order valence-electron chi connectivity index (χ3n) is 10.9. The summed E-state index contributed by atoms with van der Waals surface area (Å²) >= 11 is 0. The van der Waals surface area contributed by atoms with Crippen LogP contribution in [0.3, 0.4) is 0 Å². The molecule has 3 aliphatic heterocycles. The Labute approximate surface area is 276 Å². The van der Waals surface area contributed by atoms with Gasteiger partial charge in [-0.05, 0) is 81.1 Å². The standard InChI is InChI=1S/C38H46O9/c1-19(2)10-9-14-36(8)18-25(39)27-30(41)28-29(40)24-16-22-17-26-35(6,7)47-37(33(22)42,15-13-21(5)34(43)44)38(24,26)46-32(28)23(31(27)45-36)12-11-20(3)4/h10-11,13,16,22,25-26,39,41H,9,12,14-15,17-18H2,1-8H3,(H,43,44)/b21-13+/t22-,25-,26-,36+,37+,38-/m1/s1. The smallest absolute Gasteiger partial charge is 0.330 e. The minimum Gasteiger partial charge on any atom is -0.506 e. The van der Waals surface area contributed by atoms with Crippen molar-refractivity contribution in [3.8, 4) is 17.2 Å². The number of carboxylic acid groups (broad SMARTS) is 1. The molecule has 6 aliphatic rings. The van der Waals surface area contributed by atoms with E-state index in [1.165, 1.54) is 18.6 Å². The number of phenols is 1. The molecule has 6 atom stereocenters. The quantitative estimate of drug-likeness (QED) is 0.209. The molecule has 2 fully saturated rings. The predicted octanol–water partition coefficient (Wildman–Crippen LogP) is 6.65. The molecule has 0 unspecified atom stereocenters. The van der Waals surface area contributed by atoms with E-state index in [1.54, 1.807) is 6.08 Å². The van der Waals surface area contributed by atoms with Gasteiger partial charge in [0.05, 0.1) is 17.3 Å². The second-order valence-corrected chi connectivity index (χ2v) is 15.3. The molecule has 0 radical (unpaired) electrons. The Morgan fingerprint density at radius 2 is 1.68 bits per heavy atom. The molecule has 9 heteroatoms. The van der Waals surface area contributed by atoms with Gasteiger partial charge in [-0.2, -0.15) is 0 Å². The van der Waals surface area contributed by atoms with Crippen LogP contribution in [0.5, 0.6) is 17.2 Å². The van der Waals surface area contributed by atoms with E-state index in [1.807, 2.05) is 54.5 Å². The monoisotopic (exact) mass is 646 g/mol. The van der Waals surface area contributed by atoms with Crippen LogP contribution in [0.15, 0.2) is 46.6 Å². The highest BCUT2D eigenvalue weighted by Gasteiger charge is 2.81. The average molecular weight is 647 g/mol. The summed E-state index contributed by atoms with van der Waals surface area (Å²) < 4.78 is 20.6. The molecule has 9 nitrogen and oxygen atoms in total. The average Bonchev–Trinajstić information content (AvgIpc) is 3.11. The summed E-state index contributed by atoms with van der Waals surface area (Å²) in [4.78, 5) is 40.9. The van der Waals surface area contributed by atoms with Crippen LogP contribution in [0.1, 0.15) is 115 Å². The Balaban J connectivity index is 1.60. The summed E-state index contributed by atoms with van der Waals surface area (Å²) in [6.45, 7) is 15.1. The first kappa shape index (κ1) is 33.2. The highest BCUT2D eigenvalue weighted by molar-refractivity contribution is 6.18. The first-order valence-electron chi connectivity index (χ1n) is 16.5. The van der Waals surface area contributed by atoms with Crippen molar-refractivity contribution in [2.24, 2.45) is 11.8 Å². The van der Waals surface area contributed by atoms with E-state index >= 15 is 0 Å². The zero-order valence-electron chi connectivity index (χ0n) is 28.6. The molecule has 4 bridgehead atoms. The second-order valence-electron chi connectivity index (χ2n) is 15.3. The molecule has 1 aromatic rings.